The molecular formula is C10H19O4. The van der Waals surface area contributed by atoms with Crippen molar-refractivity contribution in [1.82, 2.24) is 0 Å². The fourth-order valence-electron chi connectivity index (χ4n) is 0.783. The Kier molecular flexibility index (Phi) is 6.49. The topological polar surface area (TPSA) is 55.4 Å². The van der Waals surface area contributed by atoms with Crippen molar-refractivity contribution in [2.75, 3.05) is 6.61 Å². The highest BCUT2D eigenvalue weighted by Crippen LogP contribution is 2.06. The van der Waals surface area contributed by atoms with Crippen molar-refractivity contribution in [3.63, 3.8) is 0 Å². The monoisotopic (exact) mass is 203 g/mol. The largest absolute Gasteiger partial charge is 0.376 e. The second kappa shape index (κ2) is 6.79. The van der Waals surface area contributed by atoms with Gasteiger partial charge in [-0.2, -0.15) is 4.89 Å². The van der Waals surface area contributed by atoms with E-state index in [9.17, 15) is 9.90 Å². The number of carbonyl (C=O) groups is 1. The number of carbonyl (C=O) groups excluding carboxylic acids is 1. The Bertz CT molecular complexity index is 160. The van der Waals surface area contributed by atoms with Crippen LogP contribution in [0.1, 0.15) is 46.5 Å². The van der Waals surface area contributed by atoms with Gasteiger partial charge in [0, 0.05) is 0 Å². The number of hydrogen-bond acceptors (Lipinski definition) is 3. The van der Waals surface area contributed by atoms with Crippen LogP contribution in [0.15, 0.2) is 0 Å². The maximum Gasteiger partial charge on any atom is 0.376 e. The van der Waals surface area contributed by atoms with Gasteiger partial charge in [-0.3, -0.25) is 4.89 Å². The minimum Gasteiger partial charge on any atom is -0.295 e. The number of unbranched alkanes of at least 4 members (excludes halogenated alkanes) is 3. The molecule has 0 bridgehead atoms. The third-order valence-electron chi connectivity index (χ3n) is 1.71. The molecular weight excluding hydrogens is 184 g/mol. The van der Waals surface area contributed by atoms with Crippen LogP contribution >= 0.6 is 0 Å². The van der Waals surface area contributed by atoms with E-state index in [0.717, 1.165) is 25.7 Å². The van der Waals surface area contributed by atoms with E-state index in [-0.39, 0.29) is 0 Å². The van der Waals surface area contributed by atoms with E-state index >= 15 is 0 Å². The Balaban J connectivity index is 3.33. The van der Waals surface area contributed by atoms with Crippen molar-refractivity contribution in [3.8, 4) is 0 Å². The molecule has 0 aliphatic carbocycles. The quantitative estimate of drug-likeness (QED) is 0.362. The van der Waals surface area contributed by atoms with Gasteiger partial charge < -0.3 is 0 Å². The van der Waals surface area contributed by atoms with Crippen LogP contribution in [0.4, 0.5) is 0 Å². The van der Waals surface area contributed by atoms with Crippen LogP contribution in [0.2, 0.25) is 0 Å². The highest BCUT2D eigenvalue weighted by atomic mass is 17.2. The molecule has 0 unspecified atom stereocenters. The standard InChI is InChI=1S/C10H19O4/c1-4-5-6-7-8-13-14-9(11)10(2,3)12/h4-8H2,1-3H3. The summed E-state index contributed by atoms with van der Waals surface area (Å²) in [4.78, 5) is 19.8. The summed E-state index contributed by atoms with van der Waals surface area (Å²) in [5, 5.41) is 11.0. The Morgan fingerprint density at radius 3 is 2.36 bits per heavy atom. The molecule has 83 valence electrons. The fraction of sp³-hybridized carbons (Fsp3) is 0.900. The summed E-state index contributed by atoms with van der Waals surface area (Å²) >= 11 is 0. The molecule has 0 aliphatic rings. The van der Waals surface area contributed by atoms with Crippen molar-refractivity contribution in [1.29, 1.82) is 0 Å². The molecule has 4 heteroatoms. The van der Waals surface area contributed by atoms with Gasteiger partial charge in [0.2, 0.25) is 0 Å². The van der Waals surface area contributed by atoms with Crippen LogP contribution in [0.25, 0.3) is 0 Å². The Morgan fingerprint density at radius 1 is 1.21 bits per heavy atom. The molecule has 0 fully saturated rings. The summed E-state index contributed by atoms with van der Waals surface area (Å²) in [6.45, 7) is 4.97. The van der Waals surface area contributed by atoms with Gasteiger partial charge >= 0.3 is 5.97 Å². The van der Waals surface area contributed by atoms with Gasteiger partial charge in [-0.05, 0) is 20.3 Å². The van der Waals surface area contributed by atoms with Crippen molar-refractivity contribution in [3.05, 3.63) is 0 Å². The lowest BCUT2D eigenvalue weighted by Crippen LogP contribution is -2.31. The van der Waals surface area contributed by atoms with E-state index in [1.165, 1.54) is 13.8 Å². The van der Waals surface area contributed by atoms with Gasteiger partial charge in [0.25, 0.3) is 0 Å². The lowest BCUT2D eigenvalue weighted by atomic mass is 10.1. The summed E-state index contributed by atoms with van der Waals surface area (Å²) in [6, 6.07) is 0. The second-order valence-electron chi connectivity index (χ2n) is 3.76. The normalized spacial score (nSPS) is 11.4. The van der Waals surface area contributed by atoms with Crippen LogP contribution in [-0.2, 0) is 19.7 Å². The molecule has 14 heavy (non-hydrogen) atoms. The average molecular weight is 203 g/mol. The van der Waals surface area contributed by atoms with Crippen molar-refractivity contribution in [2.45, 2.75) is 52.1 Å². The summed E-state index contributed by atoms with van der Waals surface area (Å²) in [7, 11) is 0. The van der Waals surface area contributed by atoms with Crippen molar-refractivity contribution >= 4 is 5.97 Å². The molecule has 0 aromatic carbocycles. The van der Waals surface area contributed by atoms with Gasteiger partial charge in [-0.25, -0.2) is 9.90 Å². The Morgan fingerprint density at radius 2 is 1.86 bits per heavy atom. The molecule has 1 radical (unpaired) electrons. The van der Waals surface area contributed by atoms with Crippen molar-refractivity contribution in [2.24, 2.45) is 0 Å². The fourth-order valence-corrected chi connectivity index (χ4v) is 0.783. The first-order valence-corrected chi connectivity index (χ1v) is 5.02. The minimum atomic E-state index is -1.73. The van der Waals surface area contributed by atoms with Crippen molar-refractivity contribution < 1.29 is 19.7 Å². The molecule has 0 heterocycles. The van der Waals surface area contributed by atoms with E-state index in [2.05, 4.69) is 16.7 Å². The zero-order valence-corrected chi connectivity index (χ0v) is 9.17. The molecule has 4 nitrogen and oxygen atoms in total. The van der Waals surface area contributed by atoms with Gasteiger partial charge in [-0.1, -0.05) is 26.2 Å². The molecule has 0 rings (SSSR count). The van der Waals surface area contributed by atoms with E-state index in [0.29, 0.717) is 6.61 Å². The molecule has 0 spiro atoms. The molecule has 0 aromatic heterocycles. The highest BCUT2D eigenvalue weighted by Gasteiger charge is 2.29. The lowest BCUT2D eigenvalue weighted by Gasteiger charge is -2.11. The summed E-state index contributed by atoms with van der Waals surface area (Å²) in [5.74, 6) is -0.868. The summed E-state index contributed by atoms with van der Waals surface area (Å²) in [5.41, 5.74) is -1.73. The first-order valence-electron chi connectivity index (χ1n) is 5.02. The van der Waals surface area contributed by atoms with Gasteiger partial charge in [0.05, 0.1) is 6.61 Å². The average Bonchev–Trinajstić information content (AvgIpc) is 2.09. The molecule has 0 aliphatic heterocycles. The van der Waals surface area contributed by atoms with E-state index < -0.39 is 11.6 Å². The second-order valence-corrected chi connectivity index (χ2v) is 3.76. The lowest BCUT2D eigenvalue weighted by molar-refractivity contribution is -0.286. The van der Waals surface area contributed by atoms with Crippen LogP contribution in [-0.4, -0.2) is 18.2 Å². The molecule has 0 saturated carbocycles. The first-order chi connectivity index (χ1) is 6.48. The molecule has 0 N–H and O–H groups in total. The maximum absolute atomic E-state index is 11.0. The van der Waals surface area contributed by atoms with Gasteiger partial charge in [0.1, 0.15) is 0 Å². The summed E-state index contributed by atoms with van der Waals surface area (Å²) < 4.78 is 0. The molecule has 0 saturated heterocycles. The van der Waals surface area contributed by atoms with E-state index in [4.69, 9.17) is 0 Å². The third kappa shape index (κ3) is 6.86. The zero-order chi connectivity index (χ0) is 11.0. The van der Waals surface area contributed by atoms with E-state index in [1.807, 2.05) is 0 Å². The molecule has 0 aromatic rings. The zero-order valence-electron chi connectivity index (χ0n) is 9.17. The maximum atomic E-state index is 11.0. The van der Waals surface area contributed by atoms with Gasteiger partial charge in [0.15, 0.2) is 5.60 Å². The van der Waals surface area contributed by atoms with Crippen LogP contribution < -0.4 is 0 Å². The molecule has 0 amide bonds. The predicted octanol–water partition coefficient (Wildman–Crippen LogP) is 2.25. The van der Waals surface area contributed by atoms with E-state index in [1.54, 1.807) is 0 Å². The van der Waals surface area contributed by atoms with Gasteiger partial charge in [-0.15, -0.1) is 0 Å². The third-order valence-corrected chi connectivity index (χ3v) is 1.71. The smallest absolute Gasteiger partial charge is 0.295 e. The highest BCUT2D eigenvalue weighted by molar-refractivity contribution is 5.77. The molecule has 0 atom stereocenters. The van der Waals surface area contributed by atoms with Crippen LogP contribution in [0, 0.1) is 0 Å². The SMILES string of the molecule is CCCCCCOOC(=O)C(C)(C)[O]. The first kappa shape index (κ1) is 13.4. The number of hydrogen-bond donors (Lipinski definition) is 0. The van der Waals surface area contributed by atoms with Crippen LogP contribution in [0.3, 0.4) is 0 Å². The minimum absolute atomic E-state index is 0.363. The van der Waals surface area contributed by atoms with Crippen LogP contribution in [0.5, 0.6) is 0 Å². The Hall–Kier alpha value is -0.610. The summed E-state index contributed by atoms with van der Waals surface area (Å²) in [6.07, 6.45) is 4.19. The number of rotatable bonds is 7. The Labute approximate surface area is 85.1 Å². The predicted molar refractivity (Wildman–Crippen MR) is 51.0 cm³/mol.